The second-order valence-electron chi connectivity index (χ2n) is 5.38. The summed E-state index contributed by atoms with van der Waals surface area (Å²) in [4.78, 5) is 25.3. The molecule has 130 valence electrons. The van der Waals surface area contributed by atoms with Crippen LogP contribution in [0.1, 0.15) is 17.3 Å². The van der Waals surface area contributed by atoms with Crippen LogP contribution in [0.4, 0.5) is 24.5 Å². The Bertz CT molecular complexity index is 870. The highest BCUT2D eigenvalue weighted by Crippen LogP contribution is 2.34. The van der Waals surface area contributed by atoms with Gasteiger partial charge in [0.15, 0.2) is 17.5 Å². The highest BCUT2D eigenvalue weighted by Gasteiger charge is 2.23. The number of carbonyl (C=O) groups excluding carboxylic acids is 2. The van der Waals surface area contributed by atoms with E-state index in [0.717, 1.165) is 6.07 Å². The van der Waals surface area contributed by atoms with Gasteiger partial charge in [0.1, 0.15) is 12.4 Å². The highest BCUT2D eigenvalue weighted by atomic mass is 19.2. The fourth-order valence-corrected chi connectivity index (χ4v) is 2.52. The summed E-state index contributed by atoms with van der Waals surface area (Å²) in [5.74, 6) is -5.32. The standard InChI is InChI=1S/C17H13F3N2O3/c1-9(23)22-6-7-25-14-5-2-10(8-13(14)22)21-17(24)11-3-4-12(18)16(20)15(11)19/h2-5,8H,6-7H2,1H3,(H,21,24). The Balaban J connectivity index is 1.89. The van der Waals surface area contributed by atoms with Gasteiger partial charge >= 0.3 is 0 Å². The van der Waals surface area contributed by atoms with Gasteiger partial charge in [-0.05, 0) is 30.3 Å². The Morgan fingerprint density at radius 1 is 1.12 bits per heavy atom. The van der Waals surface area contributed by atoms with E-state index in [1.807, 2.05) is 0 Å². The molecule has 8 heteroatoms. The third-order valence-corrected chi connectivity index (χ3v) is 3.74. The van der Waals surface area contributed by atoms with Crippen molar-refractivity contribution >= 4 is 23.2 Å². The SMILES string of the molecule is CC(=O)N1CCOc2ccc(NC(=O)c3ccc(F)c(F)c3F)cc21. The maximum Gasteiger partial charge on any atom is 0.258 e. The van der Waals surface area contributed by atoms with Crippen molar-refractivity contribution in [2.24, 2.45) is 0 Å². The van der Waals surface area contributed by atoms with E-state index < -0.39 is 28.9 Å². The van der Waals surface area contributed by atoms with Gasteiger partial charge in [-0.3, -0.25) is 9.59 Å². The molecule has 0 unspecified atom stereocenters. The second-order valence-corrected chi connectivity index (χ2v) is 5.38. The lowest BCUT2D eigenvalue weighted by Crippen LogP contribution is -2.36. The van der Waals surface area contributed by atoms with Gasteiger partial charge in [-0.2, -0.15) is 0 Å². The summed E-state index contributed by atoms with van der Waals surface area (Å²) in [5.41, 5.74) is 0.0863. The number of halogens is 3. The van der Waals surface area contributed by atoms with Gasteiger partial charge in [-0.25, -0.2) is 13.2 Å². The molecular formula is C17H13F3N2O3. The smallest absolute Gasteiger partial charge is 0.258 e. The molecule has 25 heavy (non-hydrogen) atoms. The number of amides is 2. The molecule has 2 aromatic rings. The first-order chi connectivity index (χ1) is 11.9. The van der Waals surface area contributed by atoms with Gasteiger partial charge in [-0.1, -0.05) is 0 Å². The van der Waals surface area contributed by atoms with Crippen LogP contribution in [0.3, 0.4) is 0 Å². The molecule has 0 fully saturated rings. The summed E-state index contributed by atoms with van der Waals surface area (Å²) in [6.45, 7) is 2.10. The fourth-order valence-electron chi connectivity index (χ4n) is 2.52. The molecule has 0 aliphatic carbocycles. The topological polar surface area (TPSA) is 58.6 Å². The summed E-state index contributed by atoms with van der Waals surface area (Å²) in [5, 5.41) is 2.39. The molecule has 0 saturated carbocycles. The third-order valence-electron chi connectivity index (χ3n) is 3.74. The van der Waals surface area contributed by atoms with E-state index >= 15 is 0 Å². The molecule has 2 amide bonds. The van der Waals surface area contributed by atoms with Crippen LogP contribution in [0, 0.1) is 17.5 Å². The van der Waals surface area contributed by atoms with E-state index in [-0.39, 0.29) is 11.6 Å². The quantitative estimate of drug-likeness (QED) is 0.847. The van der Waals surface area contributed by atoms with Crippen LogP contribution in [0.15, 0.2) is 30.3 Å². The lowest BCUT2D eigenvalue weighted by atomic mass is 10.1. The minimum atomic E-state index is -1.71. The fraction of sp³-hybridized carbons (Fsp3) is 0.176. The van der Waals surface area contributed by atoms with E-state index in [0.29, 0.717) is 30.7 Å². The lowest BCUT2D eigenvalue weighted by Gasteiger charge is -2.29. The van der Waals surface area contributed by atoms with Gasteiger partial charge in [0, 0.05) is 12.6 Å². The molecule has 5 nitrogen and oxygen atoms in total. The maximum absolute atomic E-state index is 13.7. The van der Waals surface area contributed by atoms with Crippen molar-refractivity contribution in [2.75, 3.05) is 23.4 Å². The zero-order chi connectivity index (χ0) is 18.1. The van der Waals surface area contributed by atoms with Crippen molar-refractivity contribution in [3.63, 3.8) is 0 Å². The predicted molar refractivity (Wildman–Crippen MR) is 84.2 cm³/mol. The van der Waals surface area contributed by atoms with Gasteiger partial charge in [0.05, 0.1) is 17.8 Å². The average molecular weight is 350 g/mol. The van der Waals surface area contributed by atoms with E-state index in [1.165, 1.54) is 24.0 Å². The lowest BCUT2D eigenvalue weighted by molar-refractivity contribution is -0.116. The maximum atomic E-state index is 13.7. The molecule has 0 atom stereocenters. The number of carbonyl (C=O) groups is 2. The number of ether oxygens (including phenoxy) is 1. The van der Waals surface area contributed by atoms with E-state index in [4.69, 9.17) is 4.74 Å². The molecular weight excluding hydrogens is 337 g/mol. The molecule has 3 rings (SSSR count). The van der Waals surface area contributed by atoms with Crippen LogP contribution >= 0.6 is 0 Å². The van der Waals surface area contributed by atoms with Crippen LogP contribution < -0.4 is 15.0 Å². The largest absolute Gasteiger partial charge is 0.490 e. The second kappa shape index (κ2) is 6.46. The average Bonchev–Trinajstić information content (AvgIpc) is 2.59. The number of rotatable bonds is 2. The van der Waals surface area contributed by atoms with Crippen LogP contribution in [0.5, 0.6) is 5.75 Å². The summed E-state index contributed by atoms with van der Waals surface area (Å²) in [6, 6.07) is 6.07. The third kappa shape index (κ3) is 3.15. The van der Waals surface area contributed by atoms with Crippen molar-refractivity contribution in [3.8, 4) is 5.75 Å². The molecule has 0 saturated heterocycles. The van der Waals surface area contributed by atoms with Gasteiger partial charge in [0.2, 0.25) is 5.91 Å². The Kier molecular flexibility index (Phi) is 4.35. The van der Waals surface area contributed by atoms with E-state index in [2.05, 4.69) is 5.32 Å². The molecule has 1 aliphatic rings. The Morgan fingerprint density at radius 3 is 2.60 bits per heavy atom. The summed E-state index contributed by atoms with van der Waals surface area (Å²) >= 11 is 0. The first-order valence-electron chi connectivity index (χ1n) is 7.38. The molecule has 0 aromatic heterocycles. The van der Waals surface area contributed by atoms with Crippen molar-refractivity contribution < 1.29 is 27.5 Å². The van der Waals surface area contributed by atoms with Crippen LogP contribution in [-0.2, 0) is 4.79 Å². The molecule has 1 aliphatic heterocycles. The number of nitrogens with one attached hydrogen (secondary N) is 1. The predicted octanol–water partition coefficient (Wildman–Crippen LogP) is 3.10. The molecule has 0 radical (unpaired) electrons. The molecule has 1 N–H and O–H groups in total. The first-order valence-corrected chi connectivity index (χ1v) is 7.38. The Labute approximate surface area is 141 Å². The minimum absolute atomic E-state index is 0.195. The Morgan fingerprint density at radius 2 is 1.88 bits per heavy atom. The van der Waals surface area contributed by atoms with Crippen LogP contribution in [-0.4, -0.2) is 25.0 Å². The van der Waals surface area contributed by atoms with Gasteiger partial charge in [0.25, 0.3) is 5.91 Å². The monoisotopic (exact) mass is 350 g/mol. The van der Waals surface area contributed by atoms with Crippen molar-refractivity contribution in [2.45, 2.75) is 6.92 Å². The number of anilines is 2. The normalized spacial score (nSPS) is 13.0. The number of nitrogens with zero attached hydrogens (tertiary/aromatic N) is 1. The summed E-state index contributed by atoms with van der Waals surface area (Å²) in [7, 11) is 0. The van der Waals surface area contributed by atoms with Crippen molar-refractivity contribution in [3.05, 3.63) is 53.3 Å². The molecule has 1 heterocycles. The first kappa shape index (κ1) is 16.8. The van der Waals surface area contributed by atoms with Crippen LogP contribution in [0.2, 0.25) is 0 Å². The van der Waals surface area contributed by atoms with E-state index in [1.54, 1.807) is 6.07 Å². The van der Waals surface area contributed by atoms with Crippen LogP contribution in [0.25, 0.3) is 0 Å². The number of hydrogen-bond acceptors (Lipinski definition) is 3. The number of benzene rings is 2. The van der Waals surface area contributed by atoms with Crippen molar-refractivity contribution in [1.29, 1.82) is 0 Å². The van der Waals surface area contributed by atoms with Gasteiger partial charge < -0.3 is 15.0 Å². The zero-order valence-electron chi connectivity index (χ0n) is 13.1. The number of hydrogen-bond donors (Lipinski definition) is 1. The van der Waals surface area contributed by atoms with Crippen molar-refractivity contribution in [1.82, 2.24) is 0 Å². The van der Waals surface area contributed by atoms with Gasteiger partial charge in [-0.15, -0.1) is 0 Å². The van der Waals surface area contributed by atoms with E-state index in [9.17, 15) is 22.8 Å². The minimum Gasteiger partial charge on any atom is -0.490 e. The summed E-state index contributed by atoms with van der Waals surface area (Å²) in [6.07, 6.45) is 0. The highest BCUT2D eigenvalue weighted by molar-refractivity contribution is 6.05. The zero-order valence-corrected chi connectivity index (χ0v) is 13.1. The Hall–Kier alpha value is -3.03. The summed E-state index contributed by atoms with van der Waals surface area (Å²) < 4.78 is 45.4. The molecule has 0 spiro atoms. The molecule has 2 aromatic carbocycles. The molecule has 0 bridgehead atoms. The number of fused-ring (bicyclic) bond motifs is 1.